The number of anilines is 2. The Morgan fingerprint density at radius 2 is 1.84 bits per heavy atom. The maximum Gasteiger partial charge on any atom is 0.162 e. The monoisotopic (exact) mass is 423 g/mol. The van der Waals surface area contributed by atoms with E-state index in [9.17, 15) is 0 Å². The molecule has 0 atom stereocenters. The van der Waals surface area contributed by atoms with E-state index in [1.807, 2.05) is 55.0 Å². The van der Waals surface area contributed by atoms with Gasteiger partial charge in [0.15, 0.2) is 5.82 Å². The standard InChI is InChI=1S/C25H25N7/c26-19-3-1-2-17(12-19)21-13-18(6-7-29-21)24-30-22-15-28-14-20(16-4-5-16)23(22)25(31-24)32-10-8-27-9-11-32/h1-3,6-7,12-16,27H,4-5,8-11,26H2. The van der Waals surface area contributed by atoms with Crippen LogP contribution in [0.3, 0.4) is 0 Å². The van der Waals surface area contributed by atoms with E-state index in [1.165, 1.54) is 23.8 Å². The third-order valence-corrected chi connectivity index (χ3v) is 6.25. The summed E-state index contributed by atoms with van der Waals surface area (Å²) in [5, 5.41) is 4.61. The van der Waals surface area contributed by atoms with Crippen LogP contribution in [-0.2, 0) is 0 Å². The number of pyridine rings is 2. The first-order valence-electron chi connectivity index (χ1n) is 11.2. The van der Waals surface area contributed by atoms with Gasteiger partial charge in [-0.25, -0.2) is 9.97 Å². The summed E-state index contributed by atoms with van der Waals surface area (Å²) in [6.07, 6.45) is 8.14. The first kappa shape index (κ1) is 19.1. The highest BCUT2D eigenvalue weighted by Gasteiger charge is 2.29. The fourth-order valence-electron chi connectivity index (χ4n) is 4.45. The number of hydrogen-bond donors (Lipinski definition) is 2. The Bertz CT molecular complexity index is 1290. The van der Waals surface area contributed by atoms with Crippen LogP contribution in [0.1, 0.15) is 24.3 Å². The molecule has 1 saturated carbocycles. The zero-order valence-electron chi connectivity index (χ0n) is 17.8. The van der Waals surface area contributed by atoms with Crippen LogP contribution in [0.4, 0.5) is 11.5 Å². The molecule has 0 spiro atoms. The van der Waals surface area contributed by atoms with Gasteiger partial charge in [-0.2, -0.15) is 0 Å². The molecular formula is C25H25N7. The lowest BCUT2D eigenvalue weighted by Crippen LogP contribution is -2.44. The zero-order chi connectivity index (χ0) is 21.5. The highest BCUT2D eigenvalue weighted by atomic mass is 15.2. The molecule has 2 aliphatic rings. The van der Waals surface area contributed by atoms with Gasteiger partial charge in [-0.1, -0.05) is 12.1 Å². The fraction of sp³-hybridized carbons (Fsp3) is 0.280. The zero-order valence-corrected chi connectivity index (χ0v) is 17.8. The van der Waals surface area contributed by atoms with Crippen molar-refractivity contribution in [3.05, 3.63) is 60.6 Å². The number of aromatic nitrogens is 4. The van der Waals surface area contributed by atoms with Gasteiger partial charge in [0.2, 0.25) is 0 Å². The van der Waals surface area contributed by atoms with Crippen molar-refractivity contribution >= 4 is 22.4 Å². The third kappa shape index (κ3) is 3.54. The van der Waals surface area contributed by atoms with Gasteiger partial charge in [-0.15, -0.1) is 0 Å². The summed E-state index contributed by atoms with van der Waals surface area (Å²) in [5.74, 6) is 2.31. The van der Waals surface area contributed by atoms with Crippen molar-refractivity contribution < 1.29 is 0 Å². The number of nitrogen functional groups attached to an aromatic ring is 1. The lowest BCUT2D eigenvalue weighted by molar-refractivity contribution is 0.586. The molecule has 1 aliphatic heterocycles. The number of nitrogens with two attached hydrogens (primary N) is 1. The average Bonchev–Trinajstić information content (AvgIpc) is 3.69. The summed E-state index contributed by atoms with van der Waals surface area (Å²) in [4.78, 5) is 21.5. The molecule has 160 valence electrons. The van der Waals surface area contributed by atoms with Crippen molar-refractivity contribution in [3.63, 3.8) is 0 Å². The molecular weight excluding hydrogens is 398 g/mol. The van der Waals surface area contributed by atoms with Gasteiger partial charge in [-0.3, -0.25) is 9.97 Å². The van der Waals surface area contributed by atoms with Crippen molar-refractivity contribution in [3.8, 4) is 22.6 Å². The minimum absolute atomic E-state index is 0.582. The molecule has 1 aromatic carbocycles. The Labute approximate surface area is 186 Å². The molecule has 0 radical (unpaired) electrons. The molecule has 4 aromatic rings. The number of nitrogens with one attached hydrogen (secondary N) is 1. The van der Waals surface area contributed by atoms with Crippen LogP contribution in [0.2, 0.25) is 0 Å². The SMILES string of the molecule is Nc1cccc(-c2cc(-c3nc(N4CCNCC4)c4c(C5CC5)cncc4n3)ccn2)c1. The molecule has 2 fully saturated rings. The molecule has 3 N–H and O–H groups in total. The molecule has 1 saturated heterocycles. The summed E-state index contributed by atoms with van der Waals surface area (Å²) in [5.41, 5.74) is 11.7. The van der Waals surface area contributed by atoms with E-state index in [0.29, 0.717) is 11.7 Å². The summed E-state index contributed by atoms with van der Waals surface area (Å²) in [7, 11) is 0. The van der Waals surface area contributed by atoms with Gasteiger partial charge in [0.05, 0.1) is 17.4 Å². The number of piperazine rings is 1. The molecule has 7 heteroatoms. The van der Waals surface area contributed by atoms with E-state index >= 15 is 0 Å². The lowest BCUT2D eigenvalue weighted by atomic mass is 10.1. The second kappa shape index (κ2) is 7.84. The van der Waals surface area contributed by atoms with Crippen LogP contribution in [-0.4, -0.2) is 46.1 Å². The van der Waals surface area contributed by atoms with Crippen LogP contribution in [0.15, 0.2) is 55.0 Å². The van der Waals surface area contributed by atoms with E-state index in [-0.39, 0.29) is 0 Å². The second-order valence-corrected chi connectivity index (χ2v) is 8.56. The van der Waals surface area contributed by atoms with Gasteiger partial charge in [-0.05, 0) is 48.6 Å². The summed E-state index contributed by atoms with van der Waals surface area (Å²) in [6, 6.07) is 11.8. The minimum Gasteiger partial charge on any atom is -0.399 e. The first-order chi connectivity index (χ1) is 15.8. The molecule has 0 amide bonds. The van der Waals surface area contributed by atoms with Gasteiger partial charge in [0.25, 0.3) is 0 Å². The topological polar surface area (TPSA) is 92.8 Å². The van der Waals surface area contributed by atoms with Gasteiger partial charge in [0, 0.05) is 60.8 Å². The van der Waals surface area contributed by atoms with Crippen molar-refractivity contribution in [2.24, 2.45) is 0 Å². The molecule has 32 heavy (non-hydrogen) atoms. The largest absolute Gasteiger partial charge is 0.399 e. The smallest absolute Gasteiger partial charge is 0.162 e. The normalized spacial score (nSPS) is 16.4. The van der Waals surface area contributed by atoms with E-state index in [0.717, 1.165) is 60.0 Å². The van der Waals surface area contributed by atoms with E-state index in [4.69, 9.17) is 15.7 Å². The van der Waals surface area contributed by atoms with Crippen molar-refractivity contribution in [2.75, 3.05) is 36.8 Å². The number of hydrogen-bond acceptors (Lipinski definition) is 7. The Morgan fingerprint density at radius 3 is 2.66 bits per heavy atom. The van der Waals surface area contributed by atoms with Crippen LogP contribution in [0.25, 0.3) is 33.5 Å². The van der Waals surface area contributed by atoms with Crippen molar-refractivity contribution in [1.82, 2.24) is 25.3 Å². The third-order valence-electron chi connectivity index (χ3n) is 6.25. The minimum atomic E-state index is 0.582. The highest BCUT2D eigenvalue weighted by Crippen LogP contribution is 2.44. The van der Waals surface area contributed by atoms with E-state index in [2.05, 4.69) is 20.2 Å². The van der Waals surface area contributed by atoms with Crippen molar-refractivity contribution in [2.45, 2.75) is 18.8 Å². The number of nitrogens with zero attached hydrogens (tertiary/aromatic N) is 5. The molecule has 1 aliphatic carbocycles. The van der Waals surface area contributed by atoms with Crippen LogP contribution in [0.5, 0.6) is 0 Å². The number of benzene rings is 1. The quantitative estimate of drug-likeness (QED) is 0.484. The molecule has 0 bridgehead atoms. The van der Waals surface area contributed by atoms with Gasteiger partial charge >= 0.3 is 0 Å². The Kier molecular flexibility index (Phi) is 4.69. The van der Waals surface area contributed by atoms with Crippen LogP contribution >= 0.6 is 0 Å². The second-order valence-electron chi connectivity index (χ2n) is 8.56. The highest BCUT2D eigenvalue weighted by molar-refractivity contribution is 5.94. The maximum atomic E-state index is 5.98. The summed E-state index contributed by atoms with van der Waals surface area (Å²) < 4.78 is 0. The van der Waals surface area contributed by atoms with Crippen LogP contribution in [0, 0.1) is 0 Å². The Balaban J connectivity index is 1.51. The average molecular weight is 424 g/mol. The van der Waals surface area contributed by atoms with Gasteiger partial charge in [0.1, 0.15) is 5.82 Å². The summed E-state index contributed by atoms with van der Waals surface area (Å²) >= 11 is 0. The Hall–Kier alpha value is -3.58. The fourth-order valence-corrected chi connectivity index (χ4v) is 4.45. The number of rotatable bonds is 4. The lowest BCUT2D eigenvalue weighted by Gasteiger charge is -2.30. The molecule has 3 aromatic heterocycles. The molecule has 0 unspecified atom stereocenters. The van der Waals surface area contributed by atoms with E-state index < -0.39 is 0 Å². The Morgan fingerprint density at radius 1 is 0.969 bits per heavy atom. The molecule has 7 nitrogen and oxygen atoms in total. The summed E-state index contributed by atoms with van der Waals surface area (Å²) in [6.45, 7) is 3.78. The van der Waals surface area contributed by atoms with E-state index in [1.54, 1.807) is 0 Å². The van der Waals surface area contributed by atoms with Gasteiger partial charge < -0.3 is 16.0 Å². The first-order valence-corrected chi connectivity index (χ1v) is 11.2. The molecule has 6 rings (SSSR count). The molecule has 4 heterocycles. The maximum absolute atomic E-state index is 5.98. The number of fused-ring (bicyclic) bond motifs is 1. The van der Waals surface area contributed by atoms with Crippen molar-refractivity contribution in [1.29, 1.82) is 0 Å². The van der Waals surface area contributed by atoms with Crippen LogP contribution < -0.4 is 16.0 Å². The predicted molar refractivity (Wildman–Crippen MR) is 127 cm³/mol. The predicted octanol–water partition coefficient (Wildman–Crippen LogP) is 3.62.